The van der Waals surface area contributed by atoms with Crippen molar-refractivity contribution in [3.63, 3.8) is 0 Å². The molecule has 0 fully saturated rings. The van der Waals surface area contributed by atoms with Crippen LogP contribution in [0, 0.1) is 0 Å². The predicted octanol–water partition coefficient (Wildman–Crippen LogP) is 0.362. The molecule has 13 heavy (non-hydrogen) atoms. The molecule has 0 saturated carbocycles. The molecule has 1 rings (SSSR count). The maximum absolute atomic E-state index is 11.2. The Morgan fingerprint density at radius 1 is 1.38 bits per heavy atom. The molecule has 5 nitrogen and oxygen atoms in total. The smallest absolute Gasteiger partial charge is 0.313 e. The third-order valence-corrected chi connectivity index (χ3v) is 2.11. The molecule has 70 valence electrons. The van der Waals surface area contributed by atoms with E-state index in [1.807, 2.05) is 4.98 Å². The zero-order valence-corrected chi connectivity index (χ0v) is 9.31. The second-order valence-electron chi connectivity index (χ2n) is 2.15. The van der Waals surface area contributed by atoms with Gasteiger partial charge in [-0.1, -0.05) is 31.9 Å². The Balaban J connectivity index is 3.25. The van der Waals surface area contributed by atoms with Crippen LogP contribution in [0.15, 0.2) is 15.8 Å². The van der Waals surface area contributed by atoms with Crippen LogP contribution in [0.25, 0.3) is 0 Å². The molecule has 0 bridgehead atoms. The van der Waals surface area contributed by atoms with Crippen molar-refractivity contribution in [3.05, 3.63) is 32.6 Å². The van der Waals surface area contributed by atoms with Gasteiger partial charge in [-0.3, -0.25) is 14.6 Å². The van der Waals surface area contributed by atoms with Gasteiger partial charge < -0.3 is 4.98 Å². The number of hydrogen-bond donors (Lipinski definition) is 2. The second-order valence-corrected chi connectivity index (χ2v) is 5.21. The average molecular weight is 312 g/mol. The van der Waals surface area contributed by atoms with Crippen LogP contribution in [0.3, 0.4) is 0 Å². The Labute approximate surface area is 88.8 Å². The lowest BCUT2D eigenvalue weighted by molar-refractivity contribution is 0.101. The van der Waals surface area contributed by atoms with Crippen LogP contribution in [-0.4, -0.2) is 19.5 Å². The molecule has 1 aromatic heterocycles. The molecular formula is C6H4Br2N2O3. The first-order valence-corrected chi connectivity index (χ1v) is 5.00. The first-order valence-electron chi connectivity index (χ1n) is 3.16. The summed E-state index contributed by atoms with van der Waals surface area (Å²) in [4.78, 5) is 37.0. The van der Waals surface area contributed by atoms with Crippen molar-refractivity contribution in [1.82, 2.24) is 9.97 Å². The van der Waals surface area contributed by atoms with Crippen molar-refractivity contribution in [1.29, 1.82) is 0 Å². The van der Waals surface area contributed by atoms with Crippen LogP contribution < -0.4 is 11.2 Å². The van der Waals surface area contributed by atoms with Crippen LogP contribution in [0.4, 0.5) is 0 Å². The van der Waals surface area contributed by atoms with E-state index in [9.17, 15) is 14.4 Å². The molecule has 0 aliphatic carbocycles. The van der Waals surface area contributed by atoms with Gasteiger partial charge in [0.15, 0.2) is 5.78 Å². The van der Waals surface area contributed by atoms with Gasteiger partial charge in [0.2, 0.25) is 0 Å². The Morgan fingerprint density at radius 2 is 2.00 bits per heavy atom. The Bertz CT molecular complexity index is 434. The highest BCUT2D eigenvalue weighted by Crippen LogP contribution is 2.12. The number of rotatable bonds is 2. The van der Waals surface area contributed by atoms with E-state index >= 15 is 0 Å². The van der Waals surface area contributed by atoms with E-state index in [2.05, 4.69) is 36.8 Å². The SMILES string of the molecule is O=C(c1c[nH]c(=O)[nH]c1=O)C(Br)Br. The number of carbonyl (C=O) groups excluding carboxylic acids is 1. The van der Waals surface area contributed by atoms with Crippen LogP contribution in [-0.2, 0) is 0 Å². The highest BCUT2D eigenvalue weighted by Gasteiger charge is 2.16. The maximum Gasteiger partial charge on any atom is 0.325 e. The van der Waals surface area contributed by atoms with E-state index in [0.717, 1.165) is 6.20 Å². The van der Waals surface area contributed by atoms with Crippen molar-refractivity contribution in [2.75, 3.05) is 0 Å². The van der Waals surface area contributed by atoms with Gasteiger partial charge in [-0.05, 0) is 0 Å². The third-order valence-electron chi connectivity index (χ3n) is 1.28. The summed E-state index contributed by atoms with van der Waals surface area (Å²) in [5.41, 5.74) is -1.43. The minimum Gasteiger partial charge on any atom is -0.313 e. The molecular weight excluding hydrogens is 308 g/mol. The average Bonchev–Trinajstić information content (AvgIpc) is 2.03. The number of ketones is 1. The number of nitrogens with one attached hydrogen (secondary N) is 2. The Hall–Kier alpha value is -0.690. The van der Waals surface area contributed by atoms with Crippen molar-refractivity contribution < 1.29 is 4.79 Å². The number of hydrogen-bond acceptors (Lipinski definition) is 3. The molecule has 2 N–H and O–H groups in total. The quantitative estimate of drug-likeness (QED) is 0.611. The molecule has 1 heterocycles. The van der Waals surface area contributed by atoms with Crippen molar-refractivity contribution in [2.24, 2.45) is 0 Å². The molecule has 0 radical (unpaired) electrons. The van der Waals surface area contributed by atoms with Crippen LogP contribution in [0.2, 0.25) is 0 Å². The second kappa shape index (κ2) is 4.01. The fourth-order valence-electron chi connectivity index (χ4n) is 0.710. The van der Waals surface area contributed by atoms with E-state index in [-0.39, 0.29) is 5.56 Å². The van der Waals surface area contributed by atoms with Crippen molar-refractivity contribution in [2.45, 2.75) is 3.74 Å². The first-order chi connectivity index (χ1) is 6.02. The summed E-state index contributed by atoms with van der Waals surface area (Å²) in [6.45, 7) is 0. The van der Waals surface area contributed by atoms with Gasteiger partial charge in [0.1, 0.15) is 9.30 Å². The summed E-state index contributed by atoms with van der Waals surface area (Å²) in [6.07, 6.45) is 1.08. The van der Waals surface area contributed by atoms with Crippen LogP contribution in [0.5, 0.6) is 0 Å². The lowest BCUT2D eigenvalue weighted by Crippen LogP contribution is -2.28. The molecule has 0 atom stereocenters. The summed E-state index contributed by atoms with van der Waals surface area (Å²) in [5, 5.41) is 0. The molecule has 0 spiro atoms. The van der Waals surface area contributed by atoms with Gasteiger partial charge in [0, 0.05) is 6.20 Å². The summed E-state index contributed by atoms with van der Waals surface area (Å²) < 4.78 is -0.632. The number of carbonyl (C=O) groups is 1. The van der Waals surface area contributed by atoms with E-state index < -0.39 is 20.8 Å². The molecule has 0 aromatic carbocycles. The summed E-state index contributed by atoms with van der Waals surface area (Å²) in [7, 11) is 0. The van der Waals surface area contributed by atoms with Gasteiger partial charge in [-0.15, -0.1) is 0 Å². The van der Waals surface area contributed by atoms with E-state index in [0.29, 0.717) is 0 Å². The van der Waals surface area contributed by atoms with Crippen molar-refractivity contribution >= 4 is 37.6 Å². The minimum atomic E-state index is -0.697. The number of aromatic nitrogens is 2. The van der Waals surface area contributed by atoms with E-state index in [1.54, 1.807) is 0 Å². The van der Waals surface area contributed by atoms with Gasteiger partial charge in [0.05, 0.1) is 0 Å². The standard InChI is InChI=1S/C6H4Br2N2O3/c7-4(8)3(11)2-1-9-6(13)10-5(2)12/h1,4H,(H2,9,10,12,13). The fraction of sp³-hybridized carbons (Fsp3) is 0.167. The molecule has 0 amide bonds. The Morgan fingerprint density at radius 3 is 2.46 bits per heavy atom. The van der Waals surface area contributed by atoms with Crippen LogP contribution in [0.1, 0.15) is 10.4 Å². The molecule has 0 aliphatic rings. The molecule has 0 unspecified atom stereocenters. The maximum atomic E-state index is 11.2. The number of alkyl halides is 2. The number of H-pyrrole nitrogens is 2. The van der Waals surface area contributed by atoms with Gasteiger partial charge in [0.25, 0.3) is 5.56 Å². The van der Waals surface area contributed by atoms with Gasteiger partial charge in [-0.2, -0.15) is 0 Å². The normalized spacial score (nSPS) is 10.4. The van der Waals surface area contributed by atoms with E-state index in [1.165, 1.54) is 0 Å². The lowest BCUT2D eigenvalue weighted by Gasteiger charge is -1.98. The highest BCUT2D eigenvalue weighted by atomic mass is 79.9. The van der Waals surface area contributed by atoms with Crippen molar-refractivity contribution in [3.8, 4) is 0 Å². The zero-order valence-electron chi connectivity index (χ0n) is 6.14. The van der Waals surface area contributed by atoms with Crippen LogP contribution >= 0.6 is 31.9 Å². The summed E-state index contributed by atoms with van der Waals surface area (Å²) >= 11 is 5.90. The molecule has 0 aliphatic heterocycles. The zero-order chi connectivity index (χ0) is 10.0. The third kappa shape index (κ3) is 2.38. The number of halogens is 2. The predicted molar refractivity (Wildman–Crippen MR) is 53.7 cm³/mol. The molecule has 0 saturated heterocycles. The summed E-state index contributed by atoms with van der Waals surface area (Å²) in [5.74, 6) is -0.447. The first kappa shape index (κ1) is 10.4. The van der Waals surface area contributed by atoms with Gasteiger partial charge >= 0.3 is 5.69 Å². The minimum absolute atomic E-state index is 0.0987. The Kier molecular flexibility index (Phi) is 3.21. The highest BCUT2D eigenvalue weighted by molar-refractivity contribution is 9.25. The van der Waals surface area contributed by atoms with E-state index in [4.69, 9.17) is 0 Å². The lowest BCUT2D eigenvalue weighted by atomic mass is 10.2. The largest absolute Gasteiger partial charge is 0.325 e. The molecule has 7 heteroatoms. The number of Topliss-reactive ketones (excluding diaryl/α,β-unsaturated/α-hetero) is 1. The topological polar surface area (TPSA) is 82.8 Å². The summed E-state index contributed by atoms with van der Waals surface area (Å²) in [6, 6.07) is 0. The molecule has 1 aromatic rings. The van der Waals surface area contributed by atoms with Gasteiger partial charge in [-0.25, -0.2) is 4.79 Å². The fourth-order valence-corrected chi connectivity index (χ4v) is 1.20. The monoisotopic (exact) mass is 310 g/mol. The number of aromatic amines is 2.